The van der Waals surface area contributed by atoms with E-state index in [0.29, 0.717) is 6.04 Å². The lowest BCUT2D eigenvalue weighted by Gasteiger charge is -2.25. The average Bonchev–Trinajstić information content (AvgIpc) is 3.20. The summed E-state index contributed by atoms with van der Waals surface area (Å²) in [4.78, 5) is 28.2. The van der Waals surface area contributed by atoms with Crippen LogP contribution >= 0.6 is 11.3 Å². The first kappa shape index (κ1) is 19.3. The number of anilines is 1. The van der Waals surface area contributed by atoms with Gasteiger partial charge in [-0.1, -0.05) is 18.2 Å². The van der Waals surface area contributed by atoms with Crippen LogP contribution in [0.5, 0.6) is 0 Å². The number of hydroxylamine groups is 1. The van der Waals surface area contributed by atoms with E-state index in [4.69, 9.17) is 24.6 Å². The van der Waals surface area contributed by atoms with E-state index in [2.05, 4.69) is 59.8 Å². The van der Waals surface area contributed by atoms with Crippen LogP contribution in [0.25, 0.3) is 0 Å². The summed E-state index contributed by atoms with van der Waals surface area (Å²) < 4.78 is 0. The lowest BCUT2D eigenvalue weighted by molar-refractivity contribution is -0.159. The van der Waals surface area contributed by atoms with Crippen molar-refractivity contribution in [3.8, 4) is 0 Å². The molecule has 2 aromatic rings. The van der Waals surface area contributed by atoms with Gasteiger partial charge in [-0.05, 0) is 42.7 Å². The number of fused-ring (bicyclic) bond motifs is 5. The molecule has 1 fully saturated rings. The van der Waals surface area contributed by atoms with Crippen molar-refractivity contribution in [1.29, 1.82) is 0 Å². The molecule has 144 valence electrons. The smallest absolute Gasteiger partial charge is 0.414 e. The molecule has 7 nitrogen and oxygen atoms in total. The molecule has 8 heteroatoms. The average molecular weight is 390 g/mol. The Labute approximate surface area is 161 Å². The van der Waals surface area contributed by atoms with E-state index in [9.17, 15) is 0 Å². The Hall–Kier alpha value is -2.42. The Kier molecular flexibility index (Phi) is 5.79. The van der Waals surface area contributed by atoms with Gasteiger partial charge in [0.05, 0.1) is 11.7 Å². The van der Waals surface area contributed by atoms with Gasteiger partial charge in [0.2, 0.25) is 0 Å². The van der Waals surface area contributed by atoms with Crippen molar-refractivity contribution in [3.63, 3.8) is 0 Å². The summed E-state index contributed by atoms with van der Waals surface area (Å²) in [5, 5.41) is 19.2. The van der Waals surface area contributed by atoms with E-state index in [0.717, 1.165) is 19.4 Å². The van der Waals surface area contributed by atoms with Crippen LogP contribution in [0.2, 0.25) is 0 Å². The Morgan fingerprint density at radius 1 is 1.22 bits per heavy atom. The second kappa shape index (κ2) is 8.08. The van der Waals surface area contributed by atoms with E-state index in [1.54, 1.807) is 0 Å². The SMILES string of the molecule is CN(C)C[C@H]1C[C@@H]2c3ccsc3Cc3ccccc3N2O1.O=C(O)C(=O)O. The molecule has 2 N–H and O–H groups in total. The first-order chi connectivity index (χ1) is 12.9. The number of hydrogen-bond donors (Lipinski definition) is 2. The molecule has 2 aliphatic rings. The molecular weight excluding hydrogens is 368 g/mol. The molecule has 3 heterocycles. The topological polar surface area (TPSA) is 90.3 Å². The number of para-hydroxylation sites is 1. The molecular formula is C19H22N2O5S. The lowest BCUT2D eigenvalue weighted by Crippen LogP contribution is -2.27. The number of nitrogens with zero attached hydrogens (tertiary/aromatic N) is 2. The Balaban J connectivity index is 0.000000307. The predicted octanol–water partition coefficient (Wildman–Crippen LogP) is 2.62. The first-order valence-electron chi connectivity index (χ1n) is 8.58. The van der Waals surface area contributed by atoms with Gasteiger partial charge >= 0.3 is 11.9 Å². The van der Waals surface area contributed by atoms with Crippen LogP contribution < -0.4 is 5.06 Å². The van der Waals surface area contributed by atoms with Gasteiger partial charge in [0, 0.05) is 24.3 Å². The normalized spacial score (nSPS) is 20.0. The van der Waals surface area contributed by atoms with E-state index < -0.39 is 11.9 Å². The standard InChI is InChI=1S/C17H20N2OS.C2H2O4/c1-18(2)11-13-10-16-14-7-8-21-17(14)9-12-5-3-4-6-15(12)19(16)20-13;3-1(4)2(5)6/h3-8,13,16H,9-11H2,1-2H3;(H,3,4)(H,5,6)/t13-,16-;/m1./s1. The van der Waals surface area contributed by atoms with Crippen LogP contribution in [0.3, 0.4) is 0 Å². The molecule has 0 radical (unpaired) electrons. The van der Waals surface area contributed by atoms with Gasteiger partial charge < -0.3 is 15.1 Å². The number of carbonyl (C=O) groups is 2. The minimum Gasteiger partial charge on any atom is -0.473 e. The van der Waals surface area contributed by atoms with Gasteiger partial charge in [0.1, 0.15) is 6.10 Å². The van der Waals surface area contributed by atoms with Gasteiger partial charge in [0.25, 0.3) is 0 Å². The number of thiophene rings is 1. The van der Waals surface area contributed by atoms with Crippen molar-refractivity contribution in [2.24, 2.45) is 0 Å². The van der Waals surface area contributed by atoms with Gasteiger partial charge in [-0.15, -0.1) is 11.3 Å². The highest BCUT2D eigenvalue weighted by Crippen LogP contribution is 2.45. The Bertz CT molecular complexity index is 823. The second-order valence-electron chi connectivity index (χ2n) is 6.78. The van der Waals surface area contributed by atoms with Crippen molar-refractivity contribution in [3.05, 3.63) is 51.7 Å². The number of benzene rings is 1. The van der Waals surface area contributed by atoms with E-state index >= 15 is 0 Å². The van der Waals surface area contributed by atoms with Gasteiger partial charge in [-0.25, -0.2) is 14.7 Å². The lowest BCUT2D eigenvalue weighted by atomic mass is 10.0. The highest BCUT2D eigenvalue weighted by molar-refractivity contribution is 7.10. The second-order valence-corrected chi connectivity index (χ2v) is 7.78. The van der Waals surface area contributed by atoms with Crippen LogP contribution in [0.4, 0.5) is 5.69 Å². The molecule has 0 aliphatic carbocycles. The summed E-state index contributed by atoms with van der Waals surface area (Å²) in [6, 6.07) is 11.3. The maximum atomic E-state index is 9.10. The molecule has 1 saturated heterocycles. The van der Waals surface area contributed by atoms with Crippen LogP contribution in [-0.2, 0) is 20.8 Å². The summed E-state index contributed by atoms with van der Waals surface area (Å²) >= 11 is 1.87. The molecule has 0 amide bonds. The van der Waals surface area contributed by atoms with Gasteiger partial charge in [-0.3, -0.25) is 4.84 Å². The molecule has 1 aromatic carbocycles. The summed E-state index contributed by atoms with van der Waals surface area (Å²) in [5.41, 5.74) is 4.07. The van der Waals surface area contributed by atoms with Crippen molar-refractivity contribution >= 4 is 29.0 Å². The molecule has 0 bridgehead atoms. The third-order valence-corrected chi connectivity index (χ3v) is 5.44. The molecule has 0 saturated carbocycles. The Morgan fingerprint density at radius 3 is 2.59 bits per heavy atom. The maximum Gasteiger partial charge on any atom is 0.414 e. The zero-order chi connectivity index (χ0) is 19.6. The quantitative estimate of drug-likeness (QED) is 0.762. The Morgan fingerprint density at radius 2 is 1.93 bits per heavy atom. The summed E-state index contributed by atoms with van der Waals surface area (Å²) in [5.74, 6) is -3.65. The molecule has 1 aromatic heterocycles. The van der Waals surface area contributed by atoms with E-state index in [1.807, 2.05) is 11.3 Å². The minimum atomic E-state index is -1.82. The van der Waals surface area contributed by atoms with Crippen molar-refractivity contribution in [1.82, 2.24) is 4.90 Å². The molecule has 27 heavy (non-hydrogen) atoms. The van der Waals surface area contributed by atoms with Crippen LogP contribution in [0, 0.1) is 0 Å². The summed E-state index contributed by atoms with van der Waals surface area (Å²) in [7, 11) is 4.22. The van der Waals surface area contributed by atoms with Crippen molar-refractivity contribution < 1.29 is 24.6 Å². The fraction of sp³-hybridized carbons (Fsp3) is 0.368. The largest absolute Gasteiger partial charge is 0.473 e. The van der Waals surface area contributed by atoms with Crippen molar-refractivity contribution in [2.75, 3.05) is 25.7 Å². The van der Waals surface area contributed by atoms with Gasteiger partial charge in [0.15, 0.2) is 0 Å². The zero-order valence-electron chi connectivity index (χ0n) is 15.2. The monoisotopic (exact) mass is 390 g/mol. The fourth-order valence-corrected chi connectivity index (χ4v) is 4.41. The maximum absolute atomic E-state index is 9.10. The zero-order valence-corrected chi connectivity index (χ0v) is 16.0. The van der Waals surface area contributed by atoms with Crippen molar-refractivity contribution in [2.45, 2.75) is 25.0 Å². The first-order valence-corrected chi connectivity index (χ1v) is 9.46. The number of aliphatic carboxylic acids is 2. The molecule has 0 unspecified atom stereocenters. The number of carboxylic acid groups (broad SMARTS) is 2. The highest BCUT2D eigenvalue weighted by atomic mass is 32.1. The van der Waals surface area contributed by atoms with Crippen LogP contribution in [0.15, 0.2) is 35.7 Å². The number of hydrogen-bond acceptors (Lipinski definition) is 6. The predicted molar refractivity (Wildman–Crippen MR) is 102 cm³/mol. The molecule has 2 atom stereocenters. The number of rotatable bonds is 2. The van der Waals surface area contributed by atoms with Crippen LogP contribution in [0.1, 0.15) is 28.5 Å². The third-order valence-electron chi connectivity index (χ3n) is 4.50. The number of carboxylic acids is 2. The van der Waals surface area contributed by atoms with E-state index in [-0.39, 0.29) is 6.10 Å². The summed E-state index contributed by atoms with van der Waals surface area (Å²) in [6.07, 6.45) is 2.36. The molecule has 0 spiro atoms. The molecule has 4 rings (SSSR count). The summed E-state index contributed by atoms with van der Waals surface area (Å²) in [6.45, 7) is 0.967. The van der Waals surface area contributed by atoms with Crippen LogP contribution in [-0.4, -0.2) is 53.8 Å². The minimum absolute atomic E-state index is 0.268. The highest BCUT2D eigenvalue weighted by Gasteiger charge is 2.39. The number of likely N-dealkylation sites (N-methyl/N-ethyl adjacent to an activating group) is 1. The molecule has 2 aliphatic heterocycles. The third kappa shape index (κ3) is 4.29. The fourth-order valence-electron chi connectivity index (χ4n) is 3.45. The van der Waals surface area contributed by atoms with E-state index in [1.165, 1.54) is 21.7 Å². The van der Waals surface area contributed by atoms with Gasteiger partial charge in [-0.2, -0.15) is 0 Å².